The minimum atomic E-state index is -0.746. The lowest BCUT2D eigenvalue weighted by Crippen LogP contribution is -2.17. The van der Waals surface area contributed by atoms with E-state index in [9.17, 15) is 9.90 Å². The van der Waals surface area contributed by atoms with Crippen molar-refractivity contribution in [2.24, 2.45) is 5.41 Å². The molecule has 0 fully saturated rings. The monoisotopic (exact) mass is 256 g/mol. The molecule has 1 aromatic carbocycles. The van der Waals surface area contributed by atoms with E-state index in [1.165, 1.54) is 6.08 Å². The maximum Gasteiger partial charge on any atom is 0.160 e. The van der Waals surface area contributed by atoms with Gasteiger partial charge in [0.25, 0.3) is 0 Å². The van der Waals surface area contributed by atoms with E-state index >= 15 is 0 Å². The van der Waals surface area contributed by atoms with Gasteiger partial charge < -0.3 is 5.11 Å². The SMILES string of the molecule is CC(C)(C)C(=O)C=CC[C@@H](O)C#Cc1ccccc1. The van der Waals surface area contributed by atoms with Crippen LogP contribution < -0.4 is 0 Å². The molecule has 1 N–H and O–H groups in total. The molecule has 0 aliphatic heterocycles. The summed E-state index contributed by atoms with van der Waals surface area (Å²) >= 11 is 0. The fraction of sp³-hybridized carbons (Fsp3) is 0.353. The van der Waals surface area contributed by atoms with Gasteiger partial charge in [-0.1, -0.05) is 56.9 Å². The van der Waals surface area contributed by atoms with Crippen LogP contribution in [0.15, 0.2) is 42.5 Å². The number of hydrogen-bond acceptors (Lipinski definition) is 2. The molecule has 0 heterocycles. The number of ketones is 1. The predicted molar refractivity (Wildman–Crippen MR) is 77.5 cm³/mol. The maximum absolute atomic E-state index is 11.6. The van der Waals surface area contributed by atoms with Crippen LogP contribution in [0.2, 0.25) is 0 Å². The van der Waals surface area contributed by atoms with E-state index in [0.717, 1.165) is 5.56 Å². The lowest BCUT2D eigenvalue weighted by Gasteiger charge is -2.12. The van der Waals surface area contributed by atoms with E-state index in [2.05, 4.69) is 11.8 Å². The lowest BCUT2D eigenvalue weighted by molar-refractivity contribution is -0.121. The normalized spacial score (nSPS) is 12.8. The first-order chi connectivity index (χ1) is 8.89. The molecule has 0 saturated carbocycles. The van der Waals surface area contributed by atoms with E-state index in [1.54, 1.807) is 6.08 Å². The molecule has 1 aromatic rings. The van der Waals surface area contributed by atoms with E-state index in [0.29, 0.717) is 6.42 Å². The highest BCUT2D eigenvalue weighted by molar-refractivity contribution is 5.93. The molecule has 0 amide bonds. The first-order valence-corrected chi connectivity index (χ1v) is 6.35. The summed E-state index contributed by atoms with van der Waals surface area (Å²) in [7, 11) is 0. The third kappa shape index (κ3) is 6.03. The second-order valence-electron chi connectivity index (χ2n) is 5.40. The molecule has 0 saturated heterocycles. The Morgan fingerprint density at radius 2 is 1.95 bits per heavy atom. The molecular formula is C17H20O2. The van der Waals surface area contributed by atoms with Gasteiger partial charge >= 0.3 is 0 Å². The Kier molecular flexibility index (Phi) is 5.54. The predicted octanol–water partition coefficient (Wildman–Crippen LogP) is 2.96. The number of benzene rings is 1. The molecule has 1 atom stereocenters. The Labute approximate surface area is 115 Å². The molecule has 100 valence electrons. The standard InChI is InChI=1S/C17H20O2/c1-17(2,3)16(19)11-7-10-15(18)13-12-14-8-5-4-6-9-14/h4-9,11,15,18H,10H2,1-3H3/t15-/m1/s1. The number of hydrogen-bond donors (Lipinski definition) is 1. The zero-order valence-corrected chi connectivity index (χ0v) is 11.7. The number of carbonyl (C=O) groups excluding carboxylic acids is 1. The highest BCUT2D eigenvalue weighted by Crippen LogP contribution is 2.15. The molecular weight excluding hydrogens is 236 g/mol. The first kappa shape index (κ1) is 15.2. The maximum atomic E-state index is 11.6. The summed E-state index contributed by atoms with van der Waals surface area (Å²) in [6.07, 6.45) is 2.82. The van der Waals surface area contributed by atoms with Crippen LogP contribution in [0.5, 0.6) is 0 Å². The van der Waals surface area contributed by atoms with Gasteiger partial charge in [-0.2, -0.15) is 0 Å². The third-order valence-electron chi connectivity index (χ3n) is 2.52. The van der Waals surface area contributed by atoms with Gasteiger partial charge in [0.15, 0.2) is 5.78 Å². The summed E-state index contributed by atoms with van der Waals surface area (Å²) < 4.78 is 0. The summed E-state index contributed by atoms with van der Waals surface area (Å²) in [4.78, 5) is 11.6. The second-order valence-corrected chi connectivity index (χ2v) is 5.40. The van der Waals surface area contributed by atoms with Crippen LogP contribution >= 0.6 is 0 Å². The van der Waals surface area contributed by atoms with Crippen molar-refractivity contribution in [2.45, 2.75) is 33.3 Å². The van der Waals surface area contributed by atoms with Crippen LogP contribution in [-0.2, 0) is 4.79 Å². The molecule has 0 unspecified atom stereocenters. The molecule has 2 nitrogen and oxygen atoms in total. The number of aliphatic hydroxyl groups excluding tert-OH is 1. The minimum absolute atomic E-state index is 0.0516. The van der Waals surface area contributed by atoms with Crippen LogP contribution in [0.25, 0.3) is 0 Å². The van der Waals surface area contributed by atoms with E-state index in [1.807, 2.05) is 51.1 Å². The van der Waals surface area contributed by atoms with Crippen LogP contribution in [0.3, 0.4) is 0 Å². The molecule has 0 spiro atoms. The van der Waals surface area contributed by atoms with Gasteiger partial charge in [-0.25, -0.2) is 0 Å². The number of carbonyl (C=O) groups is 1. The van der Waals surface area contributed by atoms with Crippen molar-refractivity contribution in [1.29, 1.82) is 0 Å². The van der Waals surface area contributed by atoms with Crippen LogP contribution in [-0.4, -0.2) is 17.0 Å². The highest BCUT2D eigenvalue weighted by atomic mass is 16.3. The molecule has 19 heavy (non-hydrogen) atoms. The molecule has 1 rings (SSSR count). The van der Waals surface area contributed by atoms with Gasteiger partial charge in [0.1, 0.15) is 6.10 Å². The molecule has 0 aliphatic rings. The zero-order valence-electron chi connectivity index (χ0n) is 11.7. The number of rotatable bonds is 3. The Balaban J connectivity index is 2.49. The van der Waals surface area contributed by atoms with Gasteiger partial charge in [-0.3, -0.25) is 4.79 Å². The largest absolute Gasteiger partial charge is 0.380 e. The summed E-state index contributed by atoms with van der Waals surface area (Å²) in [5, 5.41) is 9.69. The van der Waals surface area contributed by atoms with Crippen LogP contribution in [0.1, 0.15) is 32.8 Å². The molecule has 0 aliphatic carbocycles. The van der Waals surface area contributed by atoms with Crippen molar-refractivity contribution in [2.75, 3.05) is 0 Å². The van der Waals surface area contributed by atoms with Crippen molar-refractivity contribution in [3.8, 4) is 11.8 Å². The van der Waals surface area contributed by atoms with Crippen LogP contribution in [0, 0.1) is 17.3 Å². The van der Waals surface area contributed by atoms with Crippen molar-refractivity contribution < 1.29 is 9.90 Å². The van der Waals surface area contributed by atoms with Gasteiger partial charge in [-0.05, 0) is 18.2 Å². The lowest BCUT2D eigenvalue weighted by atomic mass is 9.90. The average molecular weight is 256 g/mol. The average Bonchev–Trinajstić information content (AvgIpc) is 2.36. The fourth-order valence-electron chi connectivity index (χ4n) is 1.30. The Hall–Kier alpha value is -1.85. The first-order valence-electron chi connectivity index (χ1n) is 6.35. The highest BCUT2D eigenvalue weighted by Gasteiger charge is 2.17. The fourth-order valence-corrected chi connectivity index (χ4v) is 1.30. The minimum Gasteiger partial charge on any atom is -0.380 e. The second kappa shape index (κ2) is 6.92. The Morgan fingerprint density at radius 1 is 1.32 bits per heavy atom. The zero-order chi connectivity index (χ0) is 14.3. The van der Waals surface area contributed by atoms with E-state index in [4.69, 9.17) is 0 Å². The Morgan fingerprint density at radius 3 is 2.53 bits per heavy atom. The van der Waals surface area contributed by atoms with E-state index < -0.39 is 6.10 Å². The van der Waals surface area contributed by atoms with Crippen LogP contribution in [0.4, 0.5) is 0 Å². The summed E-state index contributed by atoms with van der Waals surface area (Å²) in [6.45, 7) is 5.60. The Bertz CT molecular complexity index is 496. The van der Waals surface area contributed by atoms with E-state index in [-0.39, 0.29) is 11.2 Å². The van der Waals surface area contributed by atoms with Gasteiger partial charge in [0.05, 0.1) is 0 Å². The van der Waals surface area contributed by atoms with Crippen molar-refractivity contribution in [3.63, 3.8) is 0 Å². The number of allylic oxidation sites excluding steroid dienone is 1. The van der Waals surface area contributed by atoms with Crippen molar-refractivity contribution >= 4 is 5.78 Å². The quantitative estimate of drug-likeness (QED) is 0.667. The molecule has 0 bridgehead atoms. The topological polar surface area (TPSA) is 37.3 Å². The molecule has 0 aromatic heterocycles. The van der Waals surface area contributed by atoms with Crippen molar-refractivity contribution in [3.05, 3.63) is 48.0 Å². The van der Waals surface area contributed by atoms with Crippen molar-refractivity contribution in [1.82, 2.24) is 0 Å². The summed E-state index contributed by atoms with van der Waals surface area (Å²) in [5.41, 5.74) is 0.494. The third-order valence-corrected chi connectivity index (χ3v) is 2.52. The molecule has 0 radical (unpaired) electrons. The summed E-state index contributed by atoms with van der Waals surface area (Å²) in [5.74, 6) is 5.70. The smallest absolute Gasteiger partial charge is 0.160 e. The number of aliphatic hydroxyl groups is 1. The summed E-state index contributed by atoms with van der Waals surface area (Å²) in [6, 6.07) is 9.50. The van der Waals surface area contributed by atoms with Gasteiger partial charge in [0, 0.05) is 17.4 Å². The van der Waals surface area contributed by atoms with Gasteiger partial charge in [0.2, 0.25) is 0 Å². The molecule has 2 heteroatoms. The van der Waals surface area contributed by atoms with Gasteiger partial charge in [-0.15, -0.1) is 0 Å².